The molecule has 0 atom stereocenters. The molecule has 3 rings (SSSR count). The van der Waals surface area contributed by atoms with Gasteiger partial charge in [-0.15, -0.1) is 0 Å². The zero-order chi connectivity index (χ0) is 13.9. The van der Waals surface area contributed by atoms with Crippen LogP contribution in [0.15, 0.2) is 36.8 Å². The molecule has 1 heterocycles. The molecule has 2 aromatic rings. The maximum atomic E-state index is 12.0. The average molecular weight is 279 g/mol. The molecule has 1 aliphatic carbocycles. The van der Waals surface area contributed by atoms with E-state index in [0.717, 1.165) is 11.4 Å². The van der Waals surface area contributed by atoms with Crippen LogP contribution in [0.5, 0.6) is 5.75 Å². The van der Waals surface area contributed by atoms with Crippen LogP contribution in [0, 0.1) is 0 Å². The number of nitrogens with zero attached hydrogens (tertiary/aromatic N) is 2. The molecule has 1 fully saturated rings. The fourth-order valence-corrected chi connectivity index (χ4v) is 2.10. The zero-order valence-electron chi connectivity index (χ0n) is 10.8. The number of aromatic nitrogens is 2. The summed E-state index contributed by atoms with van der Waals surface area (Å²) >= 11 is 0. The van der Waals surface area contributed by atoms with Gasteiger partial charge in [0.05, 0.1) is 18.6 Å². The lowest BCUT2D eigenvalue weighted by Gasteiger charge is -2.10. The third-order valence-corrected chi connectivity index (χ3v) is 3.24. The van der Waals surface area contributed by atoms with Crippen LogP contribution in [0.4, 0.5) is 14.5 Å². The Morgan fingerprint density at radius 2 is 2.05 bits per heavy atom. The van der Waals surface area contributed by atoms with Gasteiger partial charge in [0.2, 0.25) is 0 Å². The van der Waals surface area contributed by atoms with E-state index in [1.54, 1.807) is 12.1 Å². The molecule has 0 saturated heterocycles. The monoisotopic (exact) mass is 279 g/mol. The predicted molar refractivity (Wildman–Crippen MR) is 70.9 cm³/mol. The summed E-state index contributed by atoms with van der Waals surface area (Å²) in [5.74, 6) is 0.161. The molecule has 106 valence electrons. The first-order valence-corrected chi connectivity index (χ1v) is 6.52. The van der Waals surface area contributed by atoms with Crippen LogP contribution in [0.1, 0.15) is 24.6 Å². The zero-order valence-corrected chi connectivity index (χ0v) is 10.8. The number of imidazole rings is 1. The number of anilines is 1. The topological polar surface area (TPSA) is 39.1 Å². The van der Waals surface area contributed by atoms with E-state index in [4.69, 9.17) is 0 Å². The van der Waals surface area contributed by atoms with Gasteiger partial charge in [-0.1, -0.05) is 0 Å². The van der Waals surface area contributed by atoms with Gasteiger partial charge in [-0.3, -0.25) is 0 Å². The van der Waals surface area contributed by atoms with Crippen molar-refractivity contribution in [1.82, 2.24) is 9.55 Å². The molecule has 0 amide bonds. The van der Waals surface area contributed by atoms with Gasteiger partial charge < -0.3 is 14.6 Å². The van der Waals surface area contributed by atoms with Crippen molar-refractivity contribution >= 4 is 5.69 Å². The first-order valence-electron chi connectivity index (χ1n) is 6.52. The average Bonchev–Trinajstić information content (AvgIpc) is 3.16. The van der Waals surface area contributed by atoms with E-state index in [1.807, 2.05) is 12.5 Å². The number of nitrogens with one attached hydrogen (secondary N) is 1. The van der Waals surface area contributed by atoms with Crippen LogP contribution in [-0.4, -0.2) is 16.2 Å². The third kappa shape index (κ3) is 3.07. The molecule has 0 aliphatic heterocycles. The van der Waals surface area contributed by atoms with Crippen molar-refractivity contribution in [1.29, 1.82) is 0 Å². The molecule has 1 aromatic heterocycles. The number of alkyl halides is 2. The third-order valence-electron chi connectivity index (χ3n) is 3.24. The van der Waals surface area contributed by atoms with Gasteiger partial charge in [0.15, 0.2) is 0 Å². The second-order valence-electron chi connectivity index (χ2n) is 4.78. The normalized spacial score (nSPS) is 14.6. The highest BCUT2D eigenvalue weighted by atomic mass is 19.3. The van der Waals surface area contributed by atoms with Gasteiger partial charge in [0.1, 0.15) is 5.75 Å². The van der Waals surface area contributed by atoms with Crippen molar-refractivity contribution in [3.05, 3.63) is 42.5 Å². The van der Waals surface area contributed by atoms with Crippen molar-refractivity contribution < 1.29 is 13.5 Å². The van der Waals surface area contributed by atoms with E-state index in [-0.39, 0.29) is 5.75 Å². The summed E-state index contributed by atoms with van der Waals surface area (Å²) < 4.78 is 30.6. The minimum atomic E-state index is -2.79. The lowest BCUT2D eigenvalue weighted by Crippen LogP contribution is -2.06. The van der Waals surface area contributed by atoms with E-state index >= 15 is 0 Å². The summed E-state index contributed by atoms with van der Waals surface area (Å²) in [7, 11) is 0. The van der Waals surface area contributed by atoms with Crippen LogP contribution in [0.3, 0.4) is 0 Å². The number of halogens is 2. The Balaban J connectivity index is 1.59. The van der Waals surface area contributed by atoms with E-state index in [2.05, 4.69) is 19.6 Å². The lowest BCUT2D eigenvalue weighted by atomic mass is 10.3. The smallest absolute Gasteiger partial charge is 0.387 e. The first kappa shape index (κ1) is 12.9. The molecular weight excluding hydrogens is 264 g/mol. The Kier molecular flexibility index (Phi) is 3.54. The van der Waals surface area contributed by atoms with E-state index in [9.17, 15) is 8.78 Å². The molecule has 0 radical (unpaired) electrons. The molecule has 6 heteroatoms. The lowest BCUT2D eigenvalue weighted by molar-refractivity contribution is -0.0498. The highest BCUT2D eigenvalue weighted by Crippen LogP contribution is 2.35. The highest BCUT2D eigenvalue weighted by molar-refractivity contribution is 5.46. The number of benzene rings is 1. The highest BCUT2D eigenvalue weighted by Gasteiger charge is 2.24. The van der Waals surface area contributed by atoms with Crippen LogP contribution >= 0.6 is 0 Å². The van der Waals surface area contributed by atoms with Crippen LogP contribution in [-0.2, 0) is 6.54 Å². The predicted octanol–water partition coefficient (Wildman–Crippen LogP) is 3.43. The molecule has 1 aromatic carbocycles. The first-order chi connectivity index (χ1) is 9.72. The molecule has 4 nitrogen and oxygen atoms in total. The van der Waals surface area contributed by atoms with Gasteiger partial charge >= 0.3 is 6.61 Å². The number of ether oxygens (including phenoxy) is 1. The molecule has 20 heavy (non-hydrogen) atoms. The van der Waals surface area contributed by atoms with Gasteiger partial charge in [-0.2, -0.15) is 8.78 Å². The Morgan fingerprint density at radius 1 is 1.30 bits per heavy atom. The van der Waals surface area contributed by atoms with Crippen molar-refractivity contribution in [2.45, 2.75) is 32.0 Å². The van der Waals surface area contributed by atoms with Gasteiger partial charge in [-0.05, 0) is 37.1 Å². The number of rotatable bonds is 6. The summed E-state index contributed by atoms with van der Waals surface area (Å²) in [4.78, 5) is 4.16. The summed E-state index contributed by atoms with van der Waals surface area (Å²) in [6.45, 7) is -2.13. The van der Waals surface area contributed by atoms with Gasteiger partial charge in [0, 0.05) is 17.9 Å². The maximum absolute atomic E-state index is 12.0. The van der Waals surface area contributed by atoms with E-state index in [1.165, 1.54) is 25.0 Å². The summed E-state index contributed by atoms with van der Waals surface area (Å²) in [6.07, 6.45) is 6.12. The number of hydrogen-bond acceptors (Lipinski definition) is 3. The Labute approximate surface area is 115 Å². The van der Waals surface area contributed by atoms with Crippen LogP contribution in [0.25, 0.3) is 0 Å². The van der Waals surface area contributed by atoms with E-state index < -0.39 is 6.61 Å². The minimum Gasteiger partial charge on any atom is -0.435 e. The fourth-order valence-electron chi connectivity index (χ4n) is 2.10. The van der Waals surface area contributed by atoms with Gasteiger partial charge in [-0.25, -0.2) is 4.98 Å². The molecule has 1 aliphatic rings. The SMILES string of the molecule is FC(F)Oc1ccc(NCc2cncn2C2CC2)cc1. The van der Waals surface area contributed by atoms with Crippen LogP contribution < -0.4 is 10.1 Å². The molecule has 0 unspecified atom stereocenters. The fraction of sp³-hybridized carbons (Fsp3) is 0.357. The Morgan fingerprint density at radius 3 is 2.70 bits per heavy atom. The Bertz CT molecular complexity index is 564. The quantitative estimate of drug-likeness (QED) is 0.880. The maximum Gasteiger partial charge on any atom is 0.387 e. The van der Waals surface area contributed by atoms with Gasteiger partial charge in [0.25, 0.3) is 0 Å². The van der Waals surface area contributed by atoms with Crippen LogP contribution in [0.2, 0.25) is 0 Å². The number of hydrogen-bond donors (Lipinski definition) is 1. The summed E-state index contributed by atoms with van der Waals surface area (Å²) in [6, 6.07) is 7.07. The molecular formula is C14H15F2N3O. The summed E-state index contributed by atoms with van der Waals surface area (Å²) in [5, 5.41) is 3.25. The standard InChI is InChI=1S/C14H15F2N3O/c15-14(16)20-13-5-1-10(2-6-13)18-8-12-7-17-9-19(12)11-3-4-11/h1-2,5-7,9,11,14,18H,3-4,8H2. The van der Waals surface area contributed by atoms with Crippen molar-refractivity contribution in [3.8, 4) is 5.75 Å². The van der Waals surface area contributed by atoms with Crippen molar-refractivity contribution in [2.75, 3.05) is 5.32 Å². The van der Waals surface area contributed by atoms with E-state index in [0.29, 0.717) is 12.6 Å². The molecule has 0 spiro atoms. The second-order valence-corrected chi connectivity index (χ2v) is 4.78. The second kappa shape index (κ2) is 5.48. The Hall–Kier alpha value is -2.11. The van der Waals surface area contributed by atoms with Crippen molar-refractivity contribution in [3.63, 3.8) is 0 Å². The molecule has 1 saturated carbocycles. The van der Waals surface area contributed by atoms with Crippen molar-refractivity contribution in [2.24, 2.45) is 0 Å². The summed E-state index contributed by atoms with van der Waals surface area (Å²) in [5.41, 5.74) is 1.98. The molecule has 1 N–H and O–H groups in total. The minimum absolute atomic E-state index is 0.161. The molecule has 0 bridgehead atoms. The largest absolute Gasteiger partial charge is 0.435 e.